The Hall–Kier alpha value is -2.24. The van der Waals surface area contributed by atoms with Gasteiger partial charge in [0.1, 0.15) is 12.1 Å². The third-order valence-corrected chi connectivity index (χ3v) is 3.70. The molecule has 0 saturated carbocycles. The fourth-order valence-corrected chi connectivity index (χ4v) is 2.77. The van der Waals surface area contributed by atoms with E-state index in [9.17, 15) is 9.59 Å². The number of hydrogen-bond donors (Lipinski definition) is 0. The van der Waals surface area contributed by atoms with Crippen LogP contribution >= 0.6 is 0 Å². The Morgan fingerprint density at radius 1 is 1.26 bits per heavy atom. The molecule has 0 spiro atoms. The van der Waals surface area contributed by atoms with Crippen LogP contribution in [0.2, 0.25) is 0 Å². The lowest BCUT2D eigenvalue weighted by Crippen LogP contribution is -2.44. The highest BCUT2D eigenvalue weighted by molar-refractivity contribution is 5.98. The van der Waals surface area contributed by atoms with Gasteiger partial charge in [0.2, 0.25) is 6.79 Å². The number of likely N-dealkylation sites (tertiary alicyclic amines) is 1. The molecule has 19 heavy (non-hydrogen) atoms. The van der Waals surface area contributed by atoms with Crippen LogP contribution in [0.25, 0.3) is 0 Å². The maximum atomic E-state index is 12.4. The van der Waals surface area contributed by atoms with E-state index in [1.165, 1.54) is 0 Å². The van der Waals surface area contributed by atoms with Gasteiger partial charge in [-0.2, -0.15) is 0 Å². The lowest BCUT2D eigenvalue weighted by molar-refractivity contribution is -0.149. The first-order valence-corrected chi connectivity index (χ1v) is 6.13. The molecular weight excluding hydrogens is 250 g/mol. The number of fused-ring (bicyclic) bond motifs is 3. The Kier molecular flexibility index (Phi) is 2.04. The highest BCUT2D eigenvalue weighted by Gasteiger charge is 2.48. The van der Waals surface area contributed by atoms with Crippen LogP contribution in [0.5, 0.6) is 11.5 Å². The minimum Gasteiger partial charge on any atom is -0.459 e. The fraction of sp³-hybridized carbons (Fsp3) is 0.385. The second kappa shape index (κ2) is 3.63. The number of ether oxygens (including phenoxy) is 3. The van der Waals surface area contributed by atoms with Gasteiger partial charge in [0.25, 0.3) is 5.91 Å². The minimum absolute atomic E-state index is 0.143. The molecule has 2 fully saturated rings. The van der Waals surface area contributed by atoms with Crippen LogP contribution in [0.4, 0.5) is 0 Å². The summed E-state index contributed by atoms with van der Waals surface area (Å²) in [5, 5.41) is 0. The highest BCUT2D eigenvalue weighted by Crippen LogP contribution is 2.35. The minimum atomic E-state index is -0.428. The van der Waals surface area contributed by atoms with Crippen LogP contribution in [0.3, 0.4) is 0 Å². The van der Waals surface area contributed by atoms with Crippen molar-refractivity contribution in [3.05, 3.63) is 23.8 Å². The summed E-state index contributed by atoms with van der Waals surface area (Å²) in [6.45, 7) is 0.650. The molecule has 3 aliphatic rings. The molecular formula is C13H11NO5. The van der Waals surface area contributed by atoms with Gasteiger partial charge in [0.15, 0.2) is 11.5 Å². The summed E-state index contributed by atoms with van der Waals surface area (Å²) in [7, 11) is 0. The monoisotopic (exact) mass is 261 g/mol. The lowest BCUT2D eigenvalue weighted by Gasteiger charge is -2.25. The smallest absolute Gasteiger partial charge is 0.329 e. The molecule has 0 unspecified atom stereocenters. The van der Waals surface area contributed by atoms with Crippen molar-refractivity contribution in [3.63, 3.8) is 0 Å². The number of amides is 1. The fourth-order valence-electron chi connectivity index (χ4n) is 2.77. The third kappa shape index (κ3) is 1.49. The van der Waals surface area contributed by atoms with E-state index in [1.54, 1.807) is 23.1 Å². The molecule has 0 aliphatic carbocycles. The summed E-state index contributed by atoms with van der Waals surface area (Å²) in [5.74, 6) is 0.740. The molecule has 6 heteroatoms. The molecule has 2 saturated heterocycles. The summed E-state index contributed by atoms with van der Waals surface area (Å²) in [4.78, 5) is 25.5. The molecule has 3 heterocycles. The Balaban J connectivity index is 1.63. The van der Waals surface area contributed by atoms with E-state index < -0.39 is 6.04 Å². The van der Waals surface area contributed by atoms with Gasteiger partial charge in [-0.05, 0) is 18.2 Å². The molecule has 2 atom stereocenters. The zero-order valence-electron chi connectivity index (χ0n) is 10.00. The number of carbonyl (C=O) groups excluding carboxylic acids is 2. The summed E-state index contributed by atoms with van der Waals surface area (Å²) >= 11 is 0. The molecule has 1 aromatic rings. The summed E-state index contributed by atoms with van der Waals surface area (Å²) < 4.78 is 15.5. The predicted octanol–water partition coefficient (Wildman–Crippen LogP) is 0.555. The molecule has 0 radical (unpaired) electrons. The number of hydrogen-bond acceptors (Lipinski definition) is 5. The maximum Gasteiger partial charge on any atom is 0.329 e. The van der Waals surface area contributed by atoms with Gasteiger partial charge < -0.3 is 19.1 Å². The van der Waals surface area contributed by atoms with Crippen LogP contribution in [0.1, 0.15) is 16.8 Å². The number of nitrogens with zero attached hydrogens (tertiary/aromatic N) is 1. The maximum absolute atomic E-state index is 12.4. The summed E-state index contributed by atoms with van der Waals surface area (Å²) in [5.41, 5.74) is 0.504. The number of carbonyl (C=O) groups is 2. The molecule has 2 bridgehead atoms. The van der Waals surface area contributed by atoms with Gasteiger partial charge >= 0.3 is 5.97 Å². The van der Waals surface area contributed by atoms with Crippen LogP contribution in [-0.2, 0) is 9.53 Å². The molecule has 3 aliphatic heterocycles. The summed E-state index contributed by atoms with van der Waals surface area (Å²) in [6.07, 6.45) is 0.463. The van der Waals surface area contributed by atoms with Crippen LogP contribution < -0.4 is 9.47 Å². The van der Waals surface area contributed by atoms with E-state index in [2.05, 4.69) is 0 Å². The average Bonchev–Trinajstić information content (AvgIpc) is 3.10. The van der Waals surface area contributed by atoms with E-state index in [0.29, 0.717) is 30.0 Å². The summed E-state index contributed by atoms with van der Waals surface area (Å²) in [6, 6.07) is 4.63. The first-order chi connectivity index (χ1) is 9.22. The zero-order valence-corrected chi connectivity index (χ0v) is 10.00. The van der Waals surface area contributed by atoms with Gasteiger partial charge in [-0.3, -0.25) is 4.79 Å². The van der Waals surface area contributed by atoms with Crippen LogP contribution in [0, 0.1) is 0 Å². The molecule has 1 aromatic carbocycles. The highest BCUT2D eigenvalue weighted by atomic mass is 16.7. The van der Waals surface area contributed by atoms with E-state index >= 15 is 0 Å². The number of benzene rings is 1. The van der Waals surface area contributed by atoms with Crippen molar-refractivity contribution in [1.29, 1.82) is 0 Å². The zero-order chi connectivity index (χ0) is 13.0. The van der Waals surface area contributed by atoms with Gasteiger partial charge in [0.05, 0.1) is 6.54 Å². The van der Waals surface area contributed by atoms with Crippen molar-refractivity contribution in [2.24, 2.45) is 0 Å². The Bertz CT molecular complexity index is 584. The SMILES string of the molecule is O=C1O[C@H]2C[C@H]1N(C(=O)c1ccc3c(c1)OCO3)C2. The van der Waals surface area contributed by atoms with Gasteiger partial charge in [-0.25, -0.2) is 4.79 Å². The first-order valence-electron chi connectivity index (χ1n) is 6.13. The van der Waals surface area contributed by atoms with Crippen LogP contribution in [0.15, 0.2) is 18.2 Å². The lowest BCUT2D eigenvalue weighted by atomic mass is 10.1. The van der Waals surface area contributed by atoms with Crippen molar-refractivity contribution in [2.75, 3.05) is 13.3 Å². The number of morpholine rings is 1. The van der Waals surface area contributed by atoms with Crippen LogP contribution in [-0.4, -0.2) is 42.3 Å². The number of esters is 1. The van der Waals surface area contributed by atoms with E-state index in [4.69, 9.17) is 14.2 Å². The molecule has 98 valence electrons. The van der Waals surface area contributed by atoms with Gasteiger partial charge in [-0.15, -0.1) is 0 Å². The van der Waals surface area contributed by atoms with Gasteiger partial charge in [-0.1, -0.05) is 0 Å². The third-order valence-electron chi connectivity index (χ3n) is 3.70. The normalized spacial score (nSPS) is 26.7. The van der Waals surface area contributed by atoms with Crippen molar-refractivity contribution >= 4 is 11.9 Å². The average molecular weight is 261 g/mol. The second-order valence-corrected chi connectivity index (χ2v) is 4.84. The topological polar surface area (TPSA) is 65.1 Å². The standard InChI is InChI=1S/C13H11NO5/c15-12(14-5-8-4-9(14)13(16)19-8)7-1-2-10-11(3-7)18-6-17-10/h1-3,8-9H,4-6H2/t8-,9+/m0/s1. The van der Waals surface area contributed by atoms with Gasteiger partial charge in [0, 0.05) is 12.0 Å². The van der Waals surface area contributed by atoms with Crippen molar-refractivity contribution in [2.45, 2.75) is 18.6 Å². The first kappa shape index (κ1) is 10.7. The van der Waals surface area contributed by atoms with Crippen molar-refractivity contribution in [3.8, 4) is 11.5 Å². The molecule has 1 amide bonds. The van der Waals surface area contributed by atoms with Crippen molar-refractivity contribution < 1.29 is 23.8 Å². The predicted molar refractivity (Wildman–Crippen MR) is 61.9 cm³/mol. The molecule has 0 aromatic heterocycles. The van der Waals surface area contributed by atoms with E-state index in [1.807, 2.05) is 0 Å². The number of rotatable bonds is 1. The quantitative estimate of drug-likeness (QED) is 0.691. The Labute approximate surface area is 108 Å². The Morgan fingerprint density at radius 3 is 2.89 bits per heavy atom. The molecule has 6 nitrogen and oxygen atoms in total. The Morgan fingerprint density at radius 2 is 2.11 bits per heavy atom. The van der Waals surface area contributed by atoms with Crippen molar-refractivity contribution in [1.82, 2.24) is 4.90 Å². The largest absolute Gasteiger partial charge is 0.459 e. The molecule has 4 rings (SSSR count). The molecule has 0 N–H and O–H groups in total. The van der Waals surface area contributed by atoms with E-state index in [0.717, 1.165) is 0 Å². The van der Waals surface area contributed by atoms with E-state index in [-0.39, 0.29) is 24.8 Å². The second-order valence-electron chi connectivity index (χ2n) is 4.84.